The van der Waals surface area contributed by atoms with Gasteiger partial charge in [-0.05, 0) is 68.7 Å². The lowest BCUT2D eigenvalue weighted by atomic mass is 9.96. The number of nitrogens with one attached hydrogen (secondary N) is 1. The number of rotatable bonds is 5. The maximum Gasteiger partial charge on any atom is 0.261 e. The number of halogens is 1. The van der Waals surface area contributed by atoms with Crippen molar-refractivity contribution >= 4 is 21.6 Å². The second-order valence-electron chi connectivity index (χ2n) is 7.86. The summed E-state index contributed by atoms with van der Waals surface area (Å²) in [5.74, 6) is 0.289. The average Bonchev–Trinajstić information content (AvgIpc) is 3.21. The first-order chi connectivity index (χ1) is 15.2. The summed E-state index contributed by atoms with van der Waals surface area (Å²) in [6, 6.07) is 9.43. The predicted molar refractivity (Wildman–Crippen MR) is 115 cm³/mol. The van der Waals surface area contributed by atoms with Crippen molar-refractivity contribution in [3.63, 3.8) is 0 Å². The van der Waals surface area contributed by atoms with Crippen LogP contribution in [0.15, 0.2) is 51.9 Å². The number of carbonyl (C=O) groups is 1. The Morgan fingerprint density at radius 1 is 1.19 bits per heavy atom. The zero-order valence-electron chi connectivity index (χ0n) is 17.7. The Morgan fingerprint density at radius 3 is 2.62 bits per heavy atom. The van der Waals surface area contributed by atoms with Crippen molar-refractivity contribution in [2.45, 2.75) is 37.5 Å². The molecule has 1 aliphatic heterocycles. The van der Waals surface area contributed by atoms with Crippen molar-refractivity contribution in [2.24, 2.45) is 0 Å². The Labute approximate surface area is 185 Å². The van der Waals surface area contributed by atoms with Crippen molar-refractivity contribution in [2.75, 3.05) is 17.8 Å². The van der Waals surface area contributed by atoms with Gasteiger partial charge in [-0.15, -0.1) is 0 Å². The van der Waals surface area contributed by atoms with E-state index in [1.807, 2.05) is 0 Å². The molecule has 1 amide bonds. The Balaban J connectivity index is 1.56. The number of anilines is 1. The number of carbonyl (C=O) groups excluding carboxylic acids is 1. The van der Waals surface area contributed by atoms with E-state index in [0.29, 0.717) is 35.9 Å². The number of aromatic nitrogens is 2. The highest BCUT2D eigenvalue weighted by Crippen LogP contribution is 2.28. The summed E-state index contributed by atoms with van der Waals surface area (Å²) in [5, 5.41) is 3.83. The van der Waals surface area contributed by atoms with Crippen molar-refractivity contribution < 1.29 is 22.1 Å². The number of amides is 1. The number of sulfonamides is 1. The Bertz CT molecular complexity index is 1240. The number of benzene rings is 2. The molecule has 1 N–H and O–H groups in total. The maximum absolute atomic E-state index is 13.3. The van der Waals surface area contributed by atoms with Crippen LogP contribution in [-0.2, 0) is 10.0 Å². The number of aryl methyl sites for hydroxylation is 2. The van der Waals surface area contributed by atoms with E-state index in [4.69, 9.17) is 4.52 Å². The molecular weight excluding hydrogens is 435 g/mol. The fraction of sp³-hybridized carbons (Fsp3) is 0.318. The molecule has 4 rings (SSSR count). The monoisotopic (exact) mass is 458 g/mol. The number of hydrogen-bond acceptors (Lipinski definition) is 6. The Hall–Kier alpha value is -3.27. The van der Waals surface area contributed by atoms with Crippen LogP contribution < -0.4 is 4.72 Å². The second-order valence-corrected chi connectivity index (χ2v) is 9.54. The molecule has 0 spiro atoms. The normalized spacial score (nSPS) is 16.7. The van der Waals surface area contributed by atoms with E-state index in [1.165, 1.54) is 36.4 Å². The lowest BCUT2D eigenvalue weighted by Gasteiger charge is -2.31. The van der Waals surface area contributed by atoms with Crippen molar-refractivity contribution in [1.29, 1.82) is 0 Å². The first-order valence-corrected chi connectivity index (χ1v) is 11.7. The van der Waals surface area contributed by atoms with Gasteiger partial charge < -0.3 is 9.42 Å². The van der Waals surface area contributed by atoms with E-state index in [0.717, 1.165) is 12.8 Å². The summed E-state index contributed by atoms with van der Waals surface area (Å²) in [4.78, 5) is 19.2. The molecule has 1 fully saturated rings. The van der Waals surface area contributed by atoms with Crippen molar-refractivity contribution in [3.05, 3.63) is 71.1 Å². The van der Waals surface area contributed by atoms with E-state index < -0.39 is 15.8 Å². The summed E-state index contributed by atoms with van der Waals surface area (Å²) in [6.07, 6.45) is 1.61. The molecule has 0 radical (unpaired) electrons. The smallest absolute Gasteiger partial charge is 0.261 e. The zero-order chi connectivity index (χ0) is 22.9. The summed E-state index contributed by atoms with van der Waals surface area (Å²) >= 11 is 0. The number of likely N-dealkylation sites (tertiary alicyclic amines) is 1. The number of piperidine rings is 1. The SMILES string of the molecule is Cc1noc(C2CCCN(C(=O)c3cc(S(=O)(=O)Nc4ccc(F)cc4)ccc3C)C2)n1. The molecule has 8 nitrogen and oxygen atoms in total. The molecule has 0 bridgehead atoms. The summed E-state index contributed by atoms with van der Waals surface area (Å²) in [7, 11) is -3.96. The Kier molecular flexibility index (Phi) is 5.96. The largest absolute Gasteiger partial charge is 0.339 e. The molecule has 3 aromatic rings. The summed E-state index contributed by atoms with van der Waals surface area (Å²) in [6.45, 7) is 4.49. The number of hydrogen-bond donors (Lipinski definition) is 1. The molecule has 32 heavy (non-hydrogen) atoms. The van der Waals surface area contributed by atoms with Crippen LogP contribution >= 0.6 is 0 Å². The summed E-state index contributed by atoms with van der Waals surface area (Å²) < 4.78 is 46.5. The molecule has 1 atom stereocenters. The van der Waals surface area contributed by atoms with Gasteiger partial charge in [0.1, 0.15) is 5.82 Å². The van der Waals surface area contributed by atoms with Crippen molar-refractivity contribution in [1.82, 2.24) is 15.0 Å². The van der Waals surface area contributed by atoms with Crippen LogP contribution in [0.2, 0.25) is 0 Å². The fourth-order valence-corrected chi connectivity index (χ4v) is 4.83. The van der Waals surface area contributed by atoms with Crippen LogP contribution in [0, 0.1) is 19.7 Å². The first-order valence-electron chi connectivity index (χ1n) is 10.2. The minimum absolute atomic E-state index is 0.0446. The topological polar surface area (TPSA) is 105 Å². The highest BCUT2D eigenvalue weighted by Gasteiger charge is 2.30. The lowest BCUT2D eigenvalue weighted by Crippen LogP contribution is -2.39. The minimum atomic E-state index is -3.96. The van der Waals surface area contributed by atoms with Crippen molar-refractivity contribution in [3.8, 4) is 0 Å². The molecular formula is C22H23FN4O4S. The van der Waals surface area contributed by atoms with Gasteiger partial charge in [-0.25, -0.2) is 12.8 Å². The number of nitrogens with zero attached hydrogens (tertiary/aromatic N) is 3. The lowest BCUT2D eigenvalue weighted by molar-refractivity contribution is 0.0694. The van der Waals surface area contributed by atoms with Crippen LogP contribution in [-0.4, -0.2) is 42.5 Å². The fourth-order valence-electron chi connectivity index (χ4n) is 3.74. The highest BCUT2D eigenvalue weighted by molar-refractivity contribution is 7.92. The Morgan fingerprint density at radius 2 is 1.94 bits per heavy atom. The molecule has 2 aromatic carbocycles. The van der Waals surface area contributed by atoms with Gasteiger partial charge in [0.2, 0.25) is 5.89 Å². The third-order valence-corrected chi connectivity index (χ3v) is 6.83. The minimum Gasteiger partial charge on any atom is -0.339 e. The molecule has 168 valence electrons. The van der Waals surface area contributed by atoms with Gasteiger partial charge in [0.15, 0.2) is 5.82 Å². The van der Waals surface area contributed by atoms with Crippen LogP contribution in [0.3, 0.4) is 0 Å². The van der Waals surface area contributed by atoms with E-state index in [2.05, 4.69) is 14.9 Å². The zero-order valence-corrected chi connectivity index (χ0v) is 18.5. The standard InChI is InChI=1S/C22H23FN4O4S/c1-14-5-10-19(32(29,30)26-18-8-6-17(23)7-9-18)12-20(14)22(28)27-11-3-4-16(13-27)21-24-15(2)25-31-21/h5-10,12,16,26H,3-4,11,13H2,1-2H3. The third kappa shape index (κ3) is 4.64. The van der Waals surface area contributed by atoms with E-state index in [-0.39, 0.29) is 22.4 Å². The van der Waals surface area contributed by atoms with Gasteiger partial charge in [-0.3, -0.25) is 9.52 Å². The first kappa shape index (κ1) is 21.9. The van der Waals surface area contributed by atoms with E-state index >= 15 is 0 Å². The van der Waals surface area contributed by atoms with Gasteiger partial charge in [0, 0.05) is 24.3 Å². The summed E-state index contributed by atoms with van der Waals surface area (Å²) in [5.41, 5.74) is 1.22. The molecule has 2 heterocycles. The van der Waals surface area contributed by atoms with E-state index in [9.17, 15) is 17.6 Å². The van der Waals surface area contributed by atoms with Gasteiger partial charge in [0.25, 0.3) is 15.9 Å². The predicted octanol–water partition coefficient (Wildman–Crippen LogP) is 3.65. The van der Waals surface area contributed by atoms with Gasteiger partial charge >= 0.3 is 0 Å². The van der Waals surface area contributed by atoms with Gasteiger partial charge in [-0.1, -0.05) is 11.2 Å². The molecule has 1 unspecified atom stereocenters. The van der Waals surface area contributed by atoms with Crippen LogP contribution in [0.4, 0.5) is 10.1 Å². The second kappa shape index (κ2) is 8.70. The molecule has 10 heteroatoms. The average molecular weight is 459 g/mol. The molecule has 0 aliphatic carbocycles. The highest BCUT2D eigenvalue weighted by atomic mass is 32.2. The molecule has 0 saturated carbocycles. The van der Waals surface area contributed by atoms with Crippen LogP contribution in [0.1, 0.15) is 46.4 Å². The van der Waals surface area contributed by atoms with Crippen LogP contribution in [0.25, 0.3) is 0 Å². The van der Waals surface area contributed by atoms with Gasteiger partial charge in [-0.2, -0.15) is 4.98 Å². The van der Waals surface area contributed by atoms with E-state index in [1.54, 1.807) is 24.8 Å². The molecule has 1 saturated heterocycles. The molecule has 1 aromatic heterocycles. The molecule has 1 aliphatic rings. The van der Waals surface area contributed by atoms with Crippen LogP contribution in [0.5, 0.6) is 0 Å². The van der Waals surface area contributed by atoms with Gasteiger partial charge in [0.05, 0.1) is 10.8 Å². The third-order valence-electron chi connectivity index (χ3n) is 5.45. The quantitative estimate of drug-likeness (QED) is 0.626. The maximum atomic E-state index is 13.3.